The molecule has 1 aromatic rings. The third kappa shape index (κ3) is 2.72. The molecule has 3 rings (SSSR count). The minimum absolute atomic E-state index is 0.0955. The van der Waals surface area contributed by atoms with E-state index in [1.54, 1.807) is 0 Å². The molecule has 0 radical (unpaired) electrons. The van der Waals surface area contributed by atoms with E-state index in [0.717, 1.165) is 18.5 Å². The molecule has 2 saturated heterocycles. The number of hydrogen-bond donors (Lipinski definition) is 1. The maximum Gasteiger partial charge on any atom is 0.228 e. The average Bonchev–Trinajstić information content (AvgIpc) is 3.00. The standard InChI is InChI=1S/C12H17N3O3S/c13-11-14-9(8-19-11)7-10(16)15-3-1-12(2-4-15)17-5-6-18-12/h8H,1-7H2,(H2,13,14). The summed E-state index contributed by atoms with van der Waals surface area (Å²) in [6.45, 7) is 2.68. The van der Waals surface area contributed by atoms with Crippen LogP contribution in [0.1, 0.15) is 18.5 Å². The van der Waals surface area contributed by atoms with E-state index >= 15 is 0 Å². The molecule has 3 heterocycles. The van der Waals surface area contributed by atoms with Crippen molar-refractivity contribution in [1.82, 2.24) is 9.88 Å². The smallest absolute Gasteiger partial charge is 0.228 e. The molecule has 1 amide bonds. The molecule has 0 atom stereocenters. The van der Waals surface area contributed by atoms with E-state index in [9.17, 15) is 4.79 Å². The van der Waals surface area contributed by atoms with Gasteiger partial charge in [-0.1, -0.05) is 0 Å². The van der Waals surface area contributed by atoms with Crippen LogP contribution < -0.4 is 5.73 Å². The summed E-state index contributed by atoms with van der Waals surface area (Å²) in [7, 11) is 0. The topological polar surface area (TPSA) is 77.7 Å². The Bertz CT molecular complexity index is 461. The lowest BCUT2D eigenvalue weighted by atomic mass is 10.0. The van der Waals surface area contributed by atoms with Gasteiger partial charge in [0, 0.05) is 31.3 Å². The van der Waals surface area contributed by atoms with Gasteiger partial charge in [0.15, 0.2) is 10.9 Å². The Kier molecular flexibility index (Phi) is 3.42. The number of amides is 1. The van der Waals surface area contributed by atoms with Crippen LogP contribution in [0, 0.1) is 0 Å². The number of carbonyl (C=O) groups excluding carboxylic acids is 1. The van der Waals surface area contributed by atoms with Crippen LogP contribution in [0.25, 0.3) is 0 Å². The lowest BCUT2D eigenvalue weighted by molar-refractivity contribution is -0.187. The second kappa shape index (κ2) is 5.07. The number of nitrogen functional groups attached to an aromatic ring is 1. The van der Waals surface area contributed by atoms with Gasteiger partial charge in [-0.05, 0) is 0 Å². The van der Waals surface area contributed by atoms with Crippen molar-refractivity contribution in [2.45, 2.75) is 25.0 Å². The Morgan fingerprint density at radius 3 is 2.68 bits per heavy atom. The highest BCUT2D eigenvalue weighted by atomic mass is 32.1. The minimum Gasteiger partial charge on any atom is -0.375 e. The van der Waals surface area contributed by atoms with Crippen molar-refractivity contribution in [3.63, 3.8) is 0 Å². The maximum absolute atomic E-state index is 12.1. The van der Waals surface area contributed by atoms with Crippen LogP contribution >= 0.6 is 11.3 Å². The number of aromatic nitrogens is 1. The van der Waals surface area contributed by atoms with Crippen molar-refractivity contribution in [3.05, 3.63) is 11.1 Å². The third-order valence-corrected chi connectivity index (χ3v) is 4.32. The predicted molar refractivity (Wildman–Crippen MR) is 70.7 cm³/mol. The van der Waals surface area contributed by atoms with Crippen molar-refractivity contribution in [1.29, 1.82) is 0 Å². The van der Waals surface area contributed by atoms with Crippen LogP contribution in [-0.2, 0) is 20.7 Å². The Labute approximate surface area is 115 Å². The molecule has 0 unspecified atom stereocenters. The Morgan fingerprint density at radius 2 is 2.11 bits per heavy atom. The lowest BCUT2D eigenvalue weighted by Gasteiger charge is -2.37. The average molecular weight is 283 g/mol. The predicted octanol–water partition coefficient (Wildman–Crippen LogP) is 0.633. The van der Waals surface area contributed by atoms with E-state index < -0.39 is 5.79 Å². The summed E-state index contributed by atoms with van der Waals surface area (Å²) in [5.74, 6) is -0.333. The molecule has 1 spiro atoms. The number of nitrogens with zero attached hydrogens (tertiary/aromatic N) is 2. The summed E-state index contributed by atoms with van der Waals surface area (Å²) >= 11 is 1.36. The highest BCUT2D eigenvalue weighted by molar-refractivity contribution is 7.13. The van der Waals surface area contributed by atoms with Crippen LogP contribution in [0.2, 0.25) is 0 Å². The Hall–Kier alpha value is -1.18. The highest BCUT2D eigenvalue weighted by Gasteiger charge is 2.40. The van der Waals surface area contributed by atoms with Crippen molar-refractivity contribution in [2.75, 3.05) is 32.0 Å². The molecule has 2 fully saturated rings. The lowest BCUT2D eigenvalue weighted by Crippen LogP contribution is -2.47. The molecule has 2 aliphatic rings. The van der Waals surface area contributed by atoms with Crippen LogP contribution in [0.15, 0.2) is 5.38 Å². The number of nitrogens with two attached hydrogens (primary N) is 1. The number of rotatable bonds is 2. The number of carbonyl (C=O) groups is 1. The van der Waals surface area contributed by atoms with Crippen molar-refractivity contribution in [3.8, 4) is 0 Å². The molecule has 2 aliphatic heterocycles. The highest BCUT2D eigenvalue weighted by Crippen LogP contribution is 2.31. The first-order valence-corrected chi connectivity index (χ1v) is 7.30. The van der Waals surface area contributed by atoms with Crippen LogP contribution in [0.4, 0.5) is 5.13 Å². The molecule has 0 saturated carbocycles. The first-order chi connectivity index (χ1) is 9.17. The van der Waals surface area contributed by atoms with Gasteiger partial charge in [-0.25, -0.2) is 4.98 Å². The van der Waals surface area contributed by atoms with Crippen LogP contribution in [-0.4, -0.2) is 47.9 Å². The molecule has 1 aromatic heterocycles. The zero-order chi connectivity index (χ0) is 13.3. The number of thiazole rings is 1. The van der Waals surface area contributed by atoms with Gasteiger partial charge in [0.1, 0.15) is 0 Å². The SMILES string of the molecule is Nc1nc(CC(=O)N2CCC3(CC2)OCCO3)cs1. The van der Waals surface area contributed by atoms with Crippen molar-refractivity contribution >= 4 is 22.4 Å². The quantitative estimate of drug-likeness (QED) is 0.861. The molecule has 2 N–H and O–H groups in total. The van der Waals surface area contributed by atoms with Gasteiger partial charge in [0.05, 0.1) is 25.3 Å². The number of piperidine rings is 1. The second-order valence-corrected chi connectivity index (χ2v) is 5.73. The van der Waals surface area contributed by atoms with E-state index in [0.29, 0.717) is 37.9 Å². The minimum atomic E-state index is -0.429. The van der Waals surface area contributed by atoms with E-state index in [-0.39, 0.29) is 5.91 Å². The van der Waals surface area contributed by atoms with E-state index in [1.165, 1.54) is 11.3 Å². The molecule has 6 nitrogen and oxygen atoms in total. The number of hydrogen-bond acceptors (Lipinski definition) is 6. The summed E-state index contributed by atoms with van der Waals surface area (Å²) in [6, 6.07) is 0. The summed E-state index contributed by atoms with van der Waals surface area (Å²) in [5.41, 5.74) is 6.31. The van der Waals surface area contributed by atoms with Gasteiger partial charge in [-0.15, -0.1) is 11.3 Å². The fraction of sp³-hybridized carbons (Fsp3) is 0.667. The molecular weight excluding hydrogens is 266 g/mol. The molecule has 0 aliphatic carbocycles. The van der Waals surface area contributed by atoms with Crippen molar-refractivity contribution < 1.29 is 14.3 Å². The van der Waals surface area contributed by atoms with Gasteiger partial charge in [0.25, 0.3) is 0 Å². The summed E-state index contributed by atoms with van der Waals surface area (Å²) in [6.07, 6.45) is 1.82. The Morgan fingerprint density at radius 1 is 1.42 bits per heavy atom. The van der Waals surface area contributed by atoms with E-state index in [2.05, 4.69) is 4.98 Å². The summed E-state index contributed by atoms with van der Waals surface area (Å²) in [4.78, 5) is 18.1. The van der Waals surface area contributed by atoms with Gasteiger partial charge < -0.3 is 20.1 Å². The Balaban J connectivity index is 1.54. The molecule has 19 heavy (non-hydrogen) atoms. The first-order valence-electron chi connectivity index (χ1n) is 6.42. The van der Waals surface area contributed by atoms with Crippen LogP contribution in [0.5, 0.6) is 0 Å². The van der Waals surface area contributed by atoms with Gasteiger partial charge >= 0.3 is 0 Å². The summed E-state index contributed by atoms with van der Waals surface area (Å²) in [5, 5.41) is 2.34. The van der Waals surface area contributed by atoms with Gasteiger partial charge in [0.2, 0.25) is 5.91 Å². The molecule has 0 aromatic carbocycles. The molecular formula is C12H17N3O3S. The van der Waals surface area contributed by atoms with Crippen LogP contribution in [0.3, 0.4) is 0 Å². The first kappa shape index (κ1) is 12.8. The maximum atomic E-state index is 12.1. The fourth-order valence-electron chi connectivity index (χ4n) is 2.55. The van der Waals surface area contributed by atoms with Gasteiger partial charge in [-0.2, -0.15) is 0 Å². The normalized spacial score (nSPS) is 22.0. The number of likely N-dealkylation sites (tertiary alicyclic amines) is 1. The molecule has 0 bridgehead atoms. The second-order valence-electron chi connectivity index (χ2n) is 4.84. The third-order valence-electron chi connectivity index (χ3n) is 3.59. The van der Waals surface area contributed by atoms with E-state index in [4.69, 9.17) is 15.2 Å². The van der Waals surface area contributed by atoms with E-state index in [1.807, 2.05) is 10.3 Å². The zero-order valence-corrected chi connectivity index (χ0v) is 11.4. The fourth-order valence-corrected chi connectivity index (χ4v) is 3.12. The molecule has 7 heteroatoms. The number of ether oxygens (including phenoxy) is 2. The zero-order valence-electron chi connectivity index (χ0n) is 10.6. The van der Waals surface area contributed by atoms with Crippen molar-refractivity contribution in [2.24, 2.45) is 0 Å². The summed E-state index contributed by atoms with van der Waals surface area (Å²) < 4.78 is 11.3. The largest absolute Gasteiger partial charge is 0.375 e. The molecule has 104 valence electrons. The van der Waals surface area contributed by atoms with Gasteiger partial charge in [-0.3, -0.25) is 4.79 Å². The monoisotopic (exact) mass is 283 g/mol. The number of anilines is 1.